The fourth-order valence-corrected chi connectivity index (χ4v) is 4.64. The van der Waals surface area contributed by atoms with Crippen molar-refractivity contribution in [3.8, 4) is 0 Å². The largest absolute Gasteiger partial charge is 0.356 e. The van der Waals surface area contributed by atoms with Gasteiger partial charge in [-0.15, -0.1) is 10.2 Å². The molecule has 0 radical (unpaired) electrons. The third-order valence-corrected chi connectivity index (χ3v) is 6.32. The molecule has 1 atom stereocenters. The molecule has 8 heteroatoms. The Morgan fingerprint density at radius 3 is 2.46 bits per heavy atom. The molecule has 5 nitrogen and oxygen atoms in total. The van der Waals surface area contributed by atoms with Crippen molar-refractivity contribution in [3.63, 3.8) is 0 Å². The maximum absolute atomic E-state index is 12.5. The summed E-state index contributed by atoms with van der Waals surface area (Å²) in [6.07, 6.45) is 2.71. The molecule has 24 heavy (non-hydrogen) atoms. The van der Waals surface area contributed by atoms with Crippen molar-refractivity contribution in [2.75, 3.05) is 12.8 Å². The van der Waals surface area contributed by atoms with Gasteiger partial charge in [0.25, 0.3) is 0 Å². The highest BCUT2D eigenvalue weighted by Gasteiger charge is 2.18. The van der Waals surface area contributed by atoms with Gasteiger partial charge in [-0.25, -0.2) is 0 Å². The molecule has 0 aliphatic carbocycles. The summed E-state index contributed by atoms with van der Waals surface area (Å²) in [5.41, 5.74) is 1.78. The Hall–Kier alpha value is -1.38. The Kier molecular flexibility index (Phi) is 7.26. The van der Waals surface area contributed by atoms with Crippen LogP contribution in [-0.2, 0) is 11.2 Å². The molecule has 1 unspecified atom stereocenters. The first-order valence-electron chi connectivity index (χ1n) is 7.41. The number of hydrogen-bond donors (Lipinski definition) is 1. The number of rotatable bonds is 8. The highest BCUT2D eigenvalue weighted by Crippen LogP contribution is 2.31. The number of nitrogens with one attached hydrogen (secondary N) is 1. The Morgan fingerprint density at radius 2 is 1.88 bits per heavy atom. The van der Waals surface area contributed by atoms with Crippen LogP contribution in [0.4, 0.5) is 0 Å². The van der Waals surface area contributed by atoms with Crippen LogP contribution >= 0.6 is 34.9 Å². The number of nitrogens with zero attached hydrogens (tertiary/aromatic N) is 2. The minimum absolute atomic E-state index is 0.0334. The molecule has 1 aromatic heterocycles. The van der Waals surface area contributed by atoms with Crippen molar-refractivity contribution in [2.24, 2.45) is 0 Å². The number of thioether (sulfide) groups is 2. The van der Waals surface area contributed by atoms with Gasteiger partial charge in [0.2, 0.25) is 5.91 Å². The molecule has 0 saturated carbocycles. The van der Waals surface area contributed by atoms with Crippen molar-refractivity contribution in [1.29, 1.82) is 0 Å². The second kappa shape index (κ2) is 9.19. The predicted octanol–water partition coefficient (Wildman–Crippen LogP) is 3.30. The van der Waals surface area contributed by atoms with E-state index in [4.69, 9.17) is 0 Å². The molecule has 2 aromatic rings. The zero-order valence-electron chi connectivity index (χ0n) is 13.7. The van der Waals surface area contributed by atoms with E-state index in [9.17, 15) is 9.59 Å². The van der Waals surface area contributed by atoms with Crippen molar-refractivity contribution in [3.05, 3.63) is 35.4 Å². The first-order chi connectivity index (χ1) is 11.5. The van der Waals surface area contributed by atoms with Gasteiger partial charge < -0.3 is 5.32 Å². The minimum Gasteiger partial charge on any atom is -0.356 e. The standard InChI is InChI=1S/C16H19N3O2S3/c1-10(23-16-19-18-15(22-3)24-16)14(21)13-6-4-12(5-7-13)8-9-17-11(2)20/h4-7,10H,8-9H2,1-3H3,(H,17,20). The molecule has 1 heterocycles. The van der Waals surface area contributed by atoms with Crippen LogP contribution < -0.4 is 5.32 Å². The fourth-order valence-electron chi connectivity index (χ4n) is 1.99. The quantitative estimate of drug-likeness (QED) is 0.559. The van der Waals surface area contributed by atoms with E-state index < -0.39 is 0 Å². The van der Waals surface area contributed by atoms with Gasteiger partial charge in [0.15, 0.2) is 14.5 Å². The van der Waals surface area contributed by atoms with E-state index >= 15 is 0 Å². The van der Waals surface area contributed by atoms with E-state index in [0.717, 1.165) is 20.7 Å². The summed E-state index contributed by atoms with van der Waals surface area (Å²) in [7, 11) is 0. The monoisotopic (exact) mass is 381 g/mol. The molecular formula is C16H19N3O2S3. The minimum atomic E-state index is -0.210. The molecule has 2 rings (SSSR count). The maximum Gasteiger partial charge on any atom is 0.216 e. The van der Waals surface area contributed by atoms with Crippen molar-refractivity contribution in [2.45, 2.75) is 34.2 Å². The average molecular weight is 382 g/mol. The number of hydrogen-bond acceptors (Lipinski definition) is 7. The zero-order chi connectivity index (χ0) is 17.5. The third-order valence-electron chi connectivity index (χ3n) is 3.24. The van der Waals surface area contributed by atoms with Crippen molar-refractivity contribution >= 4 is 46.6 Å². The zero-order valence-corrected chi connectivity index (χ0v) is 16.2. The van der Waals surface area contributed by atoms with Crippen LogP contribution in [0, 0.1) is 0 Å². The summed E-state index contributed by atoms with van der Waals surface area (Å²) in [5, 5.41) is 10.7. The SMILES string of the molecule is CSc1nnc(SC(C)C(=O)c2ccc(CCNC(C)=O)cc2)s1. The van der Waals surface area contributed by atoms with Crippen molar-refractivity contribution in [1.82, 2.24) is 15.5 Å². The van der Waals surface area contributed by atoms with E-state index in [1.807, 2.05) is 37.4 Å². The van der Waals surface area contributed by atoms with E-state index in [-0.39, 0.29) is 16.9 Å². The average Bonchev–Trinajstić information content (AvgIpc) is 3.02. The normalized spacial score (nSPS) is 12.0. The Morgan fingerprint density at radius 1 is 1.21 bits per heavy atom. The Balaban J connectivity index is 1.92. The van der Waals surface area contributed by atoms with Gasteiger partial charge in [0, 0.05) is 19.0 Å². The molecule has 0 saturated heterocycles. The predicted molar refractivity (Wildman–Crippen MR) is 100 cm³/mol. The molecular weight excluding hydrogens is 362 g/mol. The Labute approximate surface area is 154 Å². The van der Waals surface area contributed by atoms with Gasteiger partial charge in [0.05, 0.1) is 5.25 Å². The summed E-state index contributed by atoms with van der Waals surface area (Å²) >= 11 is 4.49. The third kappa shape index (κ3) is 5.61. The molecule has 0 fully saturated rings. The number of carbonyl (C=O) groups excluding carboxylic acids is 2. The fraction of sp³-hybridized carbons (Fsp3) is 0.375. The van der Waals surface area contributed by atoms with Crippen molar-refractivity contribution < 1.29 is 9.59 Å². The van der Waals surface area contributed by atoms with Crippen LogP contribution in [-0.4, -0.2) is 39.9 Å². The lowest BCUT2D eigenvalue weighted by Crippen LogP contribution is -2.22. The highest BCUT2D eigenvalue weighted by atomic mass is 32.2. The Bertz CT molecular complexity index is 701. The van der Waals surface area contributed by atoms with Crippen LogP contribution in [0.25, 0.3) is 0 Å². The first kappa shape index (κ1) is 19.0. The molecule has 1 amide bonds. The number of Topliss-reactive ketones (excluding diaryl/α,β-unsaturated/α-hetero) is 1. The van der Waals surface area contributed by atoms with E-state index in [1.165, 1.54) is 30.0 Å². The summed E-state index contributed by atoms with van der Waals surface area (Å²) in [5.74, 6) is 0.0447. The van der Waals surface area contributed by atoms with Gasteiger partial charge in [-0.05, 0) is 25.2 Å². The van der Waals surface area contributed by atoms with Gasteiger partial charge in [-0.2, -0.15) is 0 Å². The smallest absolute Gasteiger partial charge is 0.216 e. The second-order valence-corrected chi connectivity index (χ2v) is 8.71. The van der Waals surface area contributed by atoms with Gasteiger partial charge in [-0.3, -0.25) is 9.59 Å². The molecule has 128 valence electrons. The lowest BCUT2D eigenvalue weighted by atomic mass is 10.0. The molecule has 1 N–H and O–H groups in total. The van der Waals surface area contributed by atoms with Crippen LogP contribution in [0.2, 0.25) is 0 Å². The lowest BCUT2D eigenvalue weighted by Gasteiger charge is -2.09. The van der Waals surface area contributed by atoms with E-state index in [0.29, 0.717) is 12.1 Å². The van der Waals surface area contributed by atoms with Gasteiger partial charge in [-0.1, -0.05) is 59.1 Å². The van der Waals surface area contributed by atoms with Crippen LogP contribution in [0.1, 0.15) is 29.8 Å². The summed E-state index contributed by atoms with van der Waals surface area (Å²) in [6, 6.07) is 7.55. The van der Waals surface area contributed by atoms with Crippen LogP contribution in [0.5, 0.6) is 0 Å². The number of ketones is 1. The molecule has 0 aliphatic heterocycles. The number of amides is 1. The maximum atomic E-state index is 12.5. The van der Waals surface area contributed by atoms with Gasteiger partial charge in [0.1, 0.15) is 0 Å². The molecule has 0 aliphatic rings. The lowest BCUT2D eigenvalue weighted by molar-refractivity contribution is -0.118. The highest BCUT2D eigenvalue weighted by molar-refractivity contribution is 8.03. The topological polar surface area (TPSA) is 72.0 Å². The summed E-state index contributed by atoms with van der Waals surface area (Å²) in [4.78, 5) is 23.4. The van der Waals surface area contributed by atoms with Gasteiger partial charge >= 0.3 is 0 Å². The number of carbonyl (C=O) groups is 2. The van der Waals surface area contributed by atoms with E-state index in [2.05, 4.69) is 15.5 Å². The number of aromatic nitrogens is 2. The number of benzene rings is 1. The second-order valence-electron chi connectivity index (χ2n) is 5.09. The van der Waals surface area contributed by atoms with Crippen LogP contribution in [0.15, 0.2) is 32.9 Å². The summed E-state index contributed by atoms with van der Waals surface area (Å²) < 4.78 is 1.72. The first-order valence-corrected chi connectivity index (χ1v) is 10.3. The van der Waals surface area contributed by atoms with Crippen LogP contribution in [0.3, 0.4) is 0 Å². The van der Waals surface area contributed by atoms with E-state index in [1.54, 1.807) is 11.8 Å². The molecule has 0 bridgehead atoms. The molecule has 1 aromatic carbocycles. The molecule has 0 spiro atoms. The summed E-state index contributed by atoms with van der Waals surface area (Å²) in [6.45, 7) is 3.99.